The van der Waals surface area contributed by atoms with Gasteiger partial charge in [0.25, 0.3) is 0 Å². The smallest absolute Gasteiger partial charge is 0.310 e. The Bertz CT molecular complexity index is 732. The molecule has 0 fully saturated rings. The molecule has 6 nitrogen and oxygen atoms in total. The van der Waals surface area contributed by atoms with Crippen LogP contribution in [0, 0.1) is 0 Å². The number of halogens is 1. The largest absolute Gasteiger partial charge is 0.481 e. The standard InChI is InChI=1S/C17H21ClN4O2/c1-10(17(23)24)14-15(18)20-13(21-16(14)22(3)4)9-11-5-7-12(19-2)8-6-11/h5-8,10,19H,9H2,1-4H3,(H,23,24). The van der Waals surface area contributed by atoms with Crippen LogP contribution in [-0.4, -0.2) is 42.2 Å². The normalized spacial score (nSPS) is 11.9. The average molecular weight is 349 g/mol. The number of aromatic nitrogens is 2. The number of nitrogens with zero attached hydrogens (tertiary/aromatic N) is 3. The molecule has 1 heterocycles. The summed E-state index contributed by atoms with van der Waals surface area (Å²) < 4.78 is 0. The minimum absolute atomic E-state index is 0.186. The summed E-state index contributed by atoms with van der Waals surface area (Å²) in [7, 11) is 5.48. The summed E-state index contributed by atoms with van der Waals surface area (Å²) in [6.45, 7) is 1.58. The van der Waals surface area contributed by atoms with Crippen LogP contribution in [-0.2, 0) is 11.2 Å². The second-order valence-electron chi connectivity index (χ2n) is 5.75. The van der Waals surface area contributed by atoms with Crippen LogP contribution >= 0.6 is 11.6 Å². The van der Waals surface area contributed by atoms with Gasteiger partial charge in [-0.2, -0.15) is 0 Å². The number of carboxylic acid groups (broad SMARTS) is 1. The van der Waals surface area contributed by atoms with E-state index in [1.807, 2.05) is 45.4 Å². The molecule has 0 aliphatic heterocycles. The first-order valence-electron chi connectivity index (χ1n) is 7.56. The summed E-state index contributed by atoms with van der Waals surface area (Å²) >= 11 is 6.28. The molecule has 0 aliphatic rings. The van der Waals surface area contributed by atoms with E-state index in [1.165, 1.54) is 0 Å². The molecule has 0 spiro atoms. The van der Waals surface area contributed by atoms with E-state index in [-0.39, 0.29) is 5.15 Å². The first kappa shape index (κ1) is 18.0. The summed E-state index contributed by atoms with van der Waals surface area (Å²) in [6, 6.07) is 7.94. The topological polar surface area (TPSA) is 78.3 Å². The van der Waals surface area contributed by atoms with Gasteiger partial charge in [-0.05, 0) is 24.6 Å². The lowest BCUT2D eigenvalue weighted by Crippen LogP contribution is -2.20. The number of benzene rings is 1. The lowest BCUT2D eigenvalue weighted by Gasteiger charge is -2.20. The second-order valence-corrected chi connectivity index (χ2v) is 6.10. The molecule has 1 aromatic heterocycles. The number of aliphatic carboxylic acids is 1. The first-order valence-corrected chi connectivity index (χ1v) is 7.94. The molecule has 0 aliphatic carbocycles. The van der Waals surface area contributed by atoms with E-state index in [0.717, 1.165) is 11.3 Å². The van der Waals surface area contributed by atoms with Crippen molar-refractivity contribution in [1.29, 1.82) is 0 Å². The van der Waals surface area contributed by atoms with Crippen LogP contribution in [0.2, 0.25) is 5.15 Å². The summed E-state index contributed by atoms with van der Waals surface area (Å²) in [5.41, 5.74) is 2.51. The molecular formula is C17H21ClN4O2. The highest BCUT2D eigenvalue weighted by Crippen LogP contribution is 2.31. The maximum atomic E-state index is 11.3. The van der Waals surface area contributed by atoms with Gasteiger partial charge in [-0.3, -0.25) is 4.79 Å². The Hall–Kier alpha value is -2.34. The van der Waals surface area contributed by atoms with E-state index in [9.17, 15) is 9.90 Å². The molecule has 2 aromatic rings. The van der Waals surface area contributed by atoms with Gasteiger partial charge < -0.3 is 15.3 Å². The summed E-state index contributed by atoms with van der Waals surface area (Å²) in [6.07, 6.45) is 0.520. The monoisotopic (exact) mass is 348 g/mol. The predicted octanol–water partition coefficient (Wildman–Crippen LogP) is 3.02. The maximum absolute atomic E-state index is 11.3. The van der Waals surface area contributed by atoms with Crippen LogP contribution in [0.15, 0.2) is 24.3 Å². The van der Waals surface area contributed by atoms with E-state index in [2.05, 4.69) is 15.3 Å². The van der Waals surface area contributed by atoms with Crippen molar-refractivity contribution in [2.45, 2.75) is 19.3 Å². The lowest BCUT2D eigenvalue weighted by molar-refractivity contribution is -0.138. The summed E-state index contributed by atoms with van der Waals surface area (Å²) in [4.78, 5) is 21.9. The van der Waals surface area contributed by atoms with Gasteiger partial charge in [0.2, 0.25) is 0 Å². The number of hydrogen-bond acceptors (Lipinski definition) is 5. The van der Waals surface area contributed by atoms with E-state index < -0.39 is 11.9 Å². The highest BCUT2D eigenvalue weighted by molar-refractivity contribution is 6.30. The Balaban J connectivity index is 2.39. The molecule has 1 unspecified atom stereocenters. The zero-order chi connectivity index (χ0) is 17.9. The molecule has 2 rings (SSSR count). The maximum Gasteiger partial charge on any atom is 0.310 e. The Morgan fingerprint density at radius 3 is 2.42 bits per heavy atom. The van der Waals surface area contributed by atoms with Crippen molar-refractivity contribution in [3.8, 4) is 0 Å². The molecular weight excluding hydrogens is 328 g/mol. The van der Waals surface area contributed by atoms with Crippen LogP contribution in [0.5, 0.6) is 0 Å². The van der Waals surface area contributed by atoms with E-state index in [0.29, 0.717) is 23.6 Å². The quantitative estimate of drug-likeness (QED) is 0.781. The van der Waals surface area contributed by atoms with Gasteiger partial charge in [0.1, 0.15) is 16.8 Å². The molecule has 1 aromatic carbocycles. The third-order valence-corrected chi connectivity index (χ3v) is 4.05. The lowest BCUT2D eigenvalue weighted by atomic mass is 10.0. The molecule has 24 heavy (non-hydrogen) atoms. The van der Waals surface area contributed by atoms with Gasteiger partial charge in [-0.25, -0.2) is 9.97 Å². The van der Waals surface area contributed by atoms with Crippen molar-refractivity contribution >= 4 is 29.1 Å². The van der Waals surface area contributed by atoms with E-state index >= 15 is 0 Å². The first-order chi connectivity index (χ1) is 11.3. The van der Waals surface area contributed by atoms with Crippen molar-refractivity contribution in [3.05, 3.63) is 46.4 Å². The fourth-order valence-electron chi connectivity index (χ4n) is 2.36. The Labute approximate surface area is 146 Å². The number of nitrogens with one attached hydrogen (secondary N) is 1. The minimum atomic E-state index is -0.959. The van der Waals surface area contributed by atoms with Crippen molar-refractivity contribution in [2.75, 3.05) is 31.4 Å². The highest BCUT2D eigenvalue weighted by atomic mass is 35.5. The average Bonchev–Trinajstić information content (AvgIpc) is 2.54. The third-order valence-electron chi connectivity index (χ3n) is 3.76. The van der Waals surface area contributed by atoms with Gasteiger partial charge in [-0.1, -0.05) is 23.7 Å². The van der Waals surface area contributed by atoms with Gasteiger partial charge >= 0.3 is 5.97 Å². The number of anilines is 2. The van der Waals surface area contributed by atoms with Crippen LogP contribution in [0.4, 0.5) is 11.5 Å². The number of hydrogen-bond donors (Lipinski definition) is 2. The van der Waals surface area contributed by atoms with Crippen LogP contribution in [0.1, 0.15) is 29.8 Å². The van der Waals surface area contributed by atoms with E-state index in [1.54, 1.807) is 11.8 Å². The van der Waals surface area contributed by atoms with E-state index in [4.69, 9.17) is 11.6 Å². The Morgan fingerprint density at radius 2 is 1.92 bits per heavy atom. The van der Waals surface area contributed by atoms with Crippen molar-refractivity contribution < 1.29 is 9.90 Å². The van der Waals surface area contributed by atoms with Crippen molar-refractivity contribution in [3.63, 3.8) is 0 Å². The van der Waals surface area contributed by atoms with Gasteiger partial charge in [0.05, 0.1) is 5.92 Å². The zero-order valence-corrected chi connectivity index (χ0v) is 14.9. The van der Waals surface area contributed by atoms with Gasteiger partial charge in [0, 0.05) is 38.8 Å². The molecule has 0 saturated carbocycles. The highest BCUT2D eigenvalue weighted by Gasteiger charge is 2.25. The molecule has 2 N–H and O–H groups in total. The molecule has 0 radical (unpaired) electrons. The molecule has 0 saturated heterocycles. The van der Waals surface area contributed by atoms with Crippen molar-refractivity contribution in [2.24, 2.45) is 0 Å². The van der Waals surface area contributed by atoms with Crippen molar-refractivity contribution in [1.82, 2.24) is 9.97 Å². The number of carbonyl (C=O) groups is 1. The zero-order valence-electron chi connectivity index (χ0n) is 14.2. The van der Waals surface area contributed by atoms with Crippen LogP contribution < -0.4 is 10.2 Å². The SMILES string of the molecule is CNc1ccc(Cc2nc(Cl)c(C(C)C(=O)O)c(N(C)C)n2)cc1. The molecule has 128 valence electrons. The van der Waals surface area contributed by atoms with Crippen LogP contribution in [0.3, 0.4) is 0 Å². The Kier molecular flexibility index (Phi) is 5.62. The van der Waals surface area contributed by atoms with Gasteiger partial charge in [-0.15, -0.1) is 0 Å². The van der Waals surface area contributed by atoms with Crippen LogP contribution in [0.25, 0.3) is 0 Å². The molecule has 7 heteroatoms. The Morgan fingerprint density at radius 1 is 1.29 bits per heavy atom. The molecule has 0 amide bonds. The molecule has 0 bridgehead atoms. The predicted molar refractivity (Wildman–Crippen MR) is 96.2 cm³/mol. The fourth-order valence-corrected chi connectivity index (χ4v) is 2.71. The fraction of sp³-hybridized carbons (Fsp3) is 0.353. The summed E-state index contributed by atoms with van der Waals surface area (Å²) in [5.74, 6) is -0.646. The van der Waals surface area contributed by atoms with Gasteiger partial charge in [0.15, 0.2) is 0 Å². The minimum Gasteiger partial charge on any atom is -0.481 e. The second kappa shape index (κ2) is 7.49. The summed E-state index contributed by atoms with van der Waals surface area (Å²) in [5, 5.41) is 12.5. The third kappa shape index (κ3) is 3.94. The molecule has 1 atom stereocenters. The number of carboxylic acids is 1. The number of rotatable bonds is 6.